The molecule has 0 saturated carbocycles. The molecule has 2 rings (SSSR count). The molecule has 0 aliphatic rings. The molecule has 0 atom stereocenters. The highest BCUT2D eigenvalue weighted by Crippen LogP contribution is 2.22. The number of hydrogen-bond donors (Lipinski definition) is 1. The van der Waals surface area contributed by atoms with Gasteiger partial charge in [0.25, 0.3) is 6.43 Å². The van der Waals surface area contributed by atoms with Crippen molar-refractivity contribution in [2.24, 2.45) is 0 Å². The summed E-state index contributed by atoms with van der Waals surface area (Å²) in [6.07, 6.45) is -0.331. The number of alkyl carbamates (subject to hydrolysis) is 1. The summed E-state index contributed by atoms with van der Waals surface area (Å²) in [6.45, 7) is 0.336. The highest BCUT2D eigenvalue weighted by Gasteiger charge is 2.12. The van der Waals surface area contributed by atoms with Gasteiger partial charge in [0.2, 0.25) is 0 Å². The van der Waals surface area contributed by atoms with Crippen LogP contribution in [0.2, 0.25) is 0 Å². The molecule has 2 aromatic rings. The number of benzene rings is 2. The first-order chi connectivity index (χ1) is 11.6. The summed E-state index contributed by atoms with van der Waals surface area (Å²) in [5.41, 5.74) is 0.670. The standard InChI is InChI=1S/C18H16F3NO2/c19-16-11-13(8-9-15(16)17(20)21)7-4-10-22-18(23)24-12-14-5-2-1-3-6-14/h1-9,11,17H,10,12H2,(H,22,23). The topological polar surface area (TPSA) is 38.3 Å². The summed E-state index contributed by atoms with van der Waals surface area (Å²) >= 11 is 0. The van der Waals surface area contributed by atoms with E-state index in [9.17, 15) is 18.0 Å². The van der Waals surface area contributed by atoms with Gasteiger partial charge in [0, 0.05) is 6.54 Å². The zero-order chi connectivity index (χ0) is 17.4. The Labute approximate surface area is 137 Å². The summed E-state index contributed by atoms with van der Waals surface area (Å²) < 4.78 is 43.3. The molecule has 1 amide bonds. The molecule has 0 aromatic heterocycles. The van der Waals surface area contributed by atoms with Crippen molar-refractivity contribution < 1.29 is 22.7 Å². The van der Waals surface area contributed by atoms with E-state index in [-0.39, 0.29) is 13.2 Å². The molecule has 0 heterocycles. The number of nitrogens with one attached hydrogen (secondary N) is 1. The Hall–Kier alpha value is -2.76. The first-order valence-corrected chi connectivity index (χ1v) is 7.25. The fraction of sp³-hybridized carbons (Fsp3) is 0.167. The fourth-order valence-electron chi connectivity index (χ4n) is 1.94. The van der Waals surface area contributed by atoms with Gasteiger partial charge in [-0.3, -0.25) is 0 Å². The molecular formula is C18H16F3NO2. The van der Waals surface area contributed by atoms with Crippen LogP contribution in [-0.2, 0) is 11.3 Å². The molecule has 0 saturated heterocycles. The average Bonchev–Trinajstić information content (AvgIpc) is 2.57. The van der Waals surface area contributed by atoms with Crippen molar-refractivity contribution in [3.8, 4) is 0 Å². The largest absolute Gasteiger partial charge is 0.445 e. The maximum atomic E-state index is 13.4. The molecular weight excluding hydrogens is 319 g/mol. The van der Waals surface area contributed by atoms with Gasteiger partial charge >= 0.3 is 6.09 Å². The Morgan fingerprint density at radius 3 is 2.58 bits per heavy atom. The van der Waals surface area contributed by atoms with Crippen LogP contribution in [0.1, 0.15) is 23.1 Å². The Bertz CT molecular complexity index is 703. The van der Waals surface area contributed by atoms with Gasteiger partial charge in [0.15, 0.2) is 0 Å². The summed E-state index contributed by atoms with van der Waals surface area (Å²) in [7, 11) is 0. The number of amides is 1. The number of ether oxygens (including phenoxy) is 1. The number of alkyl halides is 2. The van der Waals surface area contributed by atoms with E-state index in [4.69, 9.17) is 4.74 Å². The van der Waals surface area contributed by atoms with Crippen molar-refractivity contribution in [3.05, 3.63) is 77.1 Å². The van der Waals surface area contributed by atoms with Crippen molar-refractivity contribution in [1.82, 2.24) is 5.32 Å². The van der Waals surface area contributed by atoms with Crippen molar-refractivity contribution >= 4 is 12.2 Å². The molecule has 0 aliphatic carbocycles. The van der Waals surface area contributed by atoms with Crippen LogP contribution < -0.4 is 5.32 Å². The first kappa shape index (κ1) is 17.6. The minimum Gasteiger partial charge on any atom is -0.445 e. The quantitative estimate of drug-likeness (QED) is 0.831. The van der Waals surface area contributed by atoms with Crippen molar-refractivity contribution in [2.45, 2.75) is 13.0 Å². The van der Waals surface area contributed by atoms with Gasteiger partial charge in [-0.2, -0.15) is 0 Å². The molecule has 0 bridgehead atoms. The van der Waals surface area contributed by atoms with Gasteiger partial charge < -0.3 is 10.1 Å². The number of halogens is 3. The van der Waals surface area contributed by atoms with E-state index in [1.54, 1.807) is 6.08 Å². The van der Waals surface area contributed by atoms with Crippen LogP contribution in [0.3, 0.4) is 0 Å². The Morgan fingerprint density at radius 1 is 1.17 bits per heavy atom. The second-order valence-corrected chi connectivity index (χ2v) is 4.93. The van der Waals surface area contributed by atoms with Crippen LogP contribution in [0.5, 0.6) is 0 Å². The predicted octanol–water partition coefficient (Wildman–Crippen LogP) is 4.70. The molecule has 0 spiro atoms. The molecule has 0 fully saturated rings. The molecule has 126 valence electrons. The van der Waals surface area contributed by atoms with Gasteiger partial charge in [-0.05, 0) is 23.3 Å². The number of rotatable bonds is 6. The third kappa shape index (κ3) is 5.46. The SMILES string of the molecule is O=C(NCC=Cc1ccc(C(F)F)c(F)c1)OCc1ccccc1. The minimum absolute atomic E-state index is 0.163. The summed E-state index contributed by atoms with van der Waals surface area (Å²) in [5, 5.41) is 2.51. The number of carbonyl (C=O) groups is 1. The lowest BCUT2D eigenvalue weighted by Crippen LogP contribution is -2.24. The summed E-state index contributed by atoms with van der Waals surface area (Å²) in [6, 6.07) is 12.7. The predicted molar refractivity (Wildman–Crippen MR) is 85.0 cm³/mol. The zero-order valence-electron chi connectivity index (χ0n) is 12.7. The van der Waals surface area contributed by atoms with Crippen LogP contribution in [-0.4, -0.2) is 12.6 Å². The highest BCUT2D eigenvalue weighted by molar-refractivity contribution is 5.67. The Morgan fingerprint density at radius 2 is 1.92 bits per heavy atom. The smallest absolute Gasteiger partial charge is 0.407 e. The fourth-order valence-corrected chi connectivity index (χ4v) is 1.94. The van der Waals surface area contributed by atoms with Gasteiger partial charge in [-0.25, -0.2) is 18.0 Å². The zero-order valence-corrected chi connectivity index (χ0v) is 12.7. The molecule has 0 unspecified atom stereocenters. The third-order valence-electron chi connectivity index (χ3n) is 3.15. The molecule has 24 heavy (non-hydrogen) atoms. The maximum absolute atomic E-state index is 13.4. The average molecular weight is 335 g/mol. The van der Waals surface area contributed by atoms with Gasteiger partial charge in [0.1, 0.15) is 12.4 Å². The van der Waals surface area contributed by atoms with Crippen molar-refractivity contribution in [3.63, 3.8) is 0 Å². The molecule has 3 nitrogen and oxygen atoms in total. The van der Waals surface area contributed by atoms with E-state index in [1.807, 2.05) is 30.3 Å². The highest BCUT2D eigenvalue weighted by atomic mass is 19.3. The van der Waals surface area contributed by atoms with E-state index in [2.05, 4.69) is 5.32 Å². The summed E-state index contributed by atoms with van der Waals surface area (Å²) in [5.74, 6) is -0.956. The van der Waals surface area contributed by atoms with E-state index in [0.29, 0.717) is 5.56 Å². The molecule has 0 aliphatic heterocycles. The van der Waals surface area contributed by atoms with Crippen molar-refractivity contribution in [1.29, 1.82) is 0 Å². The van der Waals surface area contributed by atoms with Gasteiger partial charge in [-0.15, -0.1) is 0 Å². The second kappa shape index (κ2) is 8.76. The van der Waals surface area contributed by atoms with Crippen molar-refractivity contribution in [2.75, 3.05) is 6.54 Å². The first-order valence-electron chi connectivity index (χ1n) is 7.25. The molecule has 0 radical (unpaired) electrons. The van der Waals surface area contributed by atoms with Crippen LogP contribution in [0.4, 0.5) is 18.0 Å². The lowest BCUT2D eigenvalue weighted by Gasteiger charge is -2.05. The number of carbonyl (C=O) groups excluding carboxylic acids is 1. The van der Waals surface area contributed by atoms with Crippen LogP contribution >= 0.6 is 0 Å². The van der Waals surface area contributed by atoms with Crippen LogP contribution in [0.15, 0.2) is 54.6 Å². The Balaban J connectivity index is 1.76. The number of hydrogen-bond acceptors (Lipinski definition) is 2. The van der Waals surface area contributed by atoms with E-state index >= 15 is 0 Å². The Kier molecular flexibility index (Phi) is 6.42. The third-order valence-corrected chi connectivity index (χ3v) is 3.15. The van der Waals surface area contributed by atoms with E-state index in [1.165, 1.54) is 12.1 Å². The lowest BCUT2D eigenvalue weighted by molar-refractivity contribution is 0.140. The van der Waals surface area contributed by atoms with Gasteiger partial charge in [0.05, 0.1) is 5.56 Å². The molecule has 2 aromatic carbocycles. The van der Waals surface area contributed by atoms with Gasteiger partial charge in [-0.1, -0.05) is 48.6 Å². The van der Waals surface area contributed by atoms with Crippen LogP contribution in [0.25, 0.3) is 6.08 Å². The molecule has 1 N–H and O–H groups in total. The monoisotopic (exact) mass is 335 g/mol. The van der Waals surface area contributed by atoms with E-state index in [0.717, 1.165) is 17.7 Å². The molecule has 6 heteroatoms. The minimum atomic E-state index is -2.84. The maximum Gasteiger partial charge on any atom is 0.407 e. The normalized spacial score (nSPS) is 11.0. The second-order valence-electron chi connectivity index (χ2n) is 4.93. The van der Waals surface area contributed by atoms with E-state index < -0.39 is 23.9 Å². The van der Waals surface area contributed by atoms with Crippen LogP contribution in [0, 0.1) is 5.82 Å². The summed E-state index contributed by atoms with van der Waals surface area (Å²) in [4.78, 5) is 11.5. The lowest BCUT2D eigenvalue weighted by atomic mass is 10.1.